The van der Waals surface area contributed by atoms with Crippen molar-refractivity contribution in [3.8, 4) is 0 Å². The van der Waals surface area contributed by atoms with Crippen LogP contribution >= 0.6 is 22.7 Å². The molecule has 1 N–H and O–H groups in total. The van der Waals surface area contributed by atoms with Gasteiger partial charge in [-0.15, -0.1) is 22.7 Å². The van der Waals surface area contributed by atoms with Crippen LogP contribution in [0.1, 0.15) is 31.8 Å². The van der Waals surface area contributed by atoms with E-state index >= 15 is 0 Å². The number of hydrogen-bond acceptors (Lipinski definition) is 6. The summed E-state index contributed by atoms with van der Waals surface area (Å²) in [4.78, 5) is 32.9. The van der Waals surface area contributed by atoms with E-state index in [4.69, 9.17) is 0 Å². The summed E-state index contributed by atoms with van der Waals surface area (Å²) >= 11 is 2.45. The van der Waals surface area contributed by atoms with Crippen LogP contribution in [-0.4, -0.2) is 21.8 Å². The fourth-order valence-electron chi connectivity index (χ4n) is 3.12. The van der Waals surface area contributed by atoms with E-state index in [1.54, 1.807) is 30.5 Å². The summed E-state index contributed by atoms with van der Waals surface area (Å²) in [7, 11) is 0. The van der Waals surface area contributed by atoms with E-state index in [0.717, 1.165) is 10.6 Å². The number of thiophene rings is 1. The Morgan fingerprint density at radius 3 is 2.57 bits per heavy atom. The molecule has 0 saturated carbocycles. The summed E-state index contributed by atoms with van der Waals surface area (Å²) in [5, 5.41) is 12.6. The molecule has 142 valence electrons. The number of thiazole rings is 1. The number of anilines is 1. The highest BCUT2D eigenvalue weighted by Gasteiger charge is 2.46. The zero-order chi connectivity index (χ0) is 20.0. The van der Waals surface area contributed by atoms with Crippen molar-refractivity contribution in [1.29, 1.82) is 0 Å². The maximum atomic E-state index is 14.7. The number of Topliss-reactive ketones (excluding diaryl/α,β-unsaturated/α-hetero) is 1. The molecular formula is C20H15FN2O3S2. The minimum absolute atomic E-state index is 0.130. The lowest BCUT2D eigenvalue weighted by atomic mass is 9.95. The molecule has 4 rings (SSSR count). The summed E-state index contributed by atoms with van der Waals surface area (Å²) < 4.78 is 14.7. The fraction of sp³-hybridized carbons (Fsp3) is 0.150. The minimum Gasteiger partial charge on any atom is -0.503 e. The molecule has 0 aliphatic carbocycles. The van der Waals surface area contributed by atoms with Crippen LogP contribution in [0.15, 0.2) is 53.1 Å². The monoisotopic (exact) mass is 414 g/mol. The zero-order valence-corrected chi connectivity index (χ0v) is 16.6. The molecule has 0 radical (unpaired) electrons. The highest BCUT2D eigenvalue weighted by molar-refractivity contribution is 7.16. The lowest BCUT2D eigenvalue weighted by Crippen LogP contribution is -2.31. The third-order valence-corrected chi connectivity index (χ3v) is 6.56. The molecule has 5 nitrogen and oxygen atoms in total. The van der Waals surface area contributed by atoms with Crippen molar-refractivity contribution >= 4 is 39.5 Å². The molecule has 2 aromatic heterocycles. The van der Waals surface area contributed by atoms with E-state index in [1.807, 2.05) is 6.92 Å². The van der Waals surface area contributed by atoms with Gasteiger partial charge in [0.1, 0.15) is 11.9 Å². The fourth-order valence-corrected chi connectivity index (χ4v) is 4.74. The standard InChI is InChI=1S/C20H15FN2O3S2/c1-10-11(2)28-20(22-10)23-16(12-6-3-4-7-13(12)21)15(18(25)19(23)26)17(24)14-8-5-9-27-14/h3-9,16,25H,1-2H3/t16-/m0/s1. The average molecular weight is 414 g/mol. The van der Waals surface area contributed by atoms with Gasteiger partial charge >= 0.3 is 0 Å². The number of carbonyl (C=O) groups is 2. The summed E-state index contributed by atoms with van der Waals surface area (Å²) in [5.41, 5.74) is 0.728. The molecule has 1 amide bonds. The molecular weight excluding hydrogens is 399 g/mol. The molecule has 1 aliphatic heterocycles. The first kappa shape index (κ1) is 18.5. The van der Waals surface area contributed by atoms with Crippen LogP contribution in [0.2, 0.25) is 0 Å². The number of rotatable bonds is 4. The van der Waals surface area contributed by atoms with Gasteiger partial charge in [-0.1, -0.05) is 24.3 Å². The van der Waals surface area contributed by atoms with Crippen molar-refractivity contribution in [2.24, 2.45) is 0 Å². The number of amides is 1. The van der Waals surface area contributed by atoms with Crippen LogP contribution < -0.4 is 4.90 Å². The van der Waals surface area contributed by atoms with E-state index in [2.05, 4.69) is 4.98 Å². The molecule has 1 aromatic carbocycles. The van der Waals surface area contributed by atoms with Gasteiger partial charge in [0.2, 0.25) is 5.78 Å². The van der Waals surface area contributed by atoms with Gasteiger partial charge in [0.15, 0.2) is 10.9 Å². The van der Waals surface area contributed by atoms with Gasteiger partial charge < -0.3 is 5.11 Å². The van der Waals surface area contributed by atoms with E-state index in [-0.39, 0.29) is 11.1 Å². The molecule has 1 aliphatic rings. The van der Waals surface area contributed by atoms with E-state index in [1.165, 1.54) is 45.8 Å². The number of aliphatic hydroxyl groups is 1. The van der Waals surface area contributed by atoms with Gasteiger partial charge in [-0.25, -0.2) is 9.37 Å². The zero-order valence-electron chi connectivity index (χ0n) is 15.0. The number of aryl methyl sites for hydroxylation is 2. The Bertz CT molecular complexity index is 1100. The van der Waals surface area contributed by atoms with Gasteiger partial charge in [0.05, 0.1) is 16.1 Å². The Hall–Kier alpha value is -2.84. The SMILES string of the molecule is Cc1nc(N2C(=O)C(O)=C(C(=O)c3cccs3)[C@@H]2c2ccccc2F)sc1C. The first-order valence-corrected chi connectivity index (χ1v) is 10.1. The Morgan fingerprint density at radius 2 is 1.96 bits per heavy atom. The predicted octanol–water partition coefficient (Wildman–Crippen LogP) is 4.74. The lowest BCUT2D eigenvalue weighted by Gasteiger charge is -2.24. The van der Waals surface area contributed by atoms with Gasteiger partial charge in [-0.3, -0.25) is 14.5 Å². The van der Waals surface area contributed by atoms with Crippen molar-refractivity contribution < 1.29 is 19.1 Å². The maximum Gasteiger partial charge on any atom is 0.296 e. The molecule has 8 heteroatoms. The topological polar surface area (TPSA) is 70.5 Å². The van der Waals surface area contributed by atoms with Crippen LogP contribution in [0.4, 0.5) is 9.52 Å². The second-order valence-corrected chi connectivity index (χ2v) is 8.44. The highest BCUT2D eigenvalue weighted by atomic mass is 32.1. The molecule has 0 unspecified atom stereocenters. The number of hydrogen-bond donors (Lipinski definition) is 1. The minimum atomic E-state index is -1.09. The Balaban J connectivity index is 1.92. The second-order valence-electron chi connectivity index (χ2n) is 6.31. The first-order valence-electron chi connectivity index (χ1n) is 8.43. The van der Waals surface area contributed by atoms with Crippen molar-refractivity contribution in [3.63, 3.8) is 0 Å². The molecule has 3 heterocycles. The smallest absolute Gasteiger partial charge is 0.296 e. The Kier molecular flexibility index (Phi) is 4.60. The van der Waals surface area contributed by atoms with Crippen molar-refractivity contribution in [2.75, 3.05) is 4.90 Å². The number of halogens is 1. The number of aromatic nitrogens is 1. The van der Waals surface area contributed by atoms with Crippen molar-refractivity contribution in [3.05, 3.63) is 79.9 Å². The van der Waals surface area contributed by atoms with Gasteiger partial charge in [0, 0.05) is 10.4 Å². The molecule has 0 bridgehead atoms. The lowest BCUT2D eigenvalue weighted by molar-refractivity contribution is -0.117. The van der Waals surface area contributed by atoms with E-state index < -0.39 is 29.3 Å². The van der Waals surface area contributed by atoms with Crippen molar-refractivity contribution in [1.82, 2.24) is 4.98 Å². The third kappa shape index (κ3) is 2.85. The normalized spacial score (nSPS) is 16.9. The molecule has 0 saturated heterocycles. The maximum absolute atomic E-state index is 14.7. The predicted molar refractivity (Wildman–Crippen MR) is 107 cm³/mol. The molecule has 1 atom stereocenters. The van der Waals surface area contributed by atoms with Crippen molar-refractivity contribution in [2.45, 2.75) is 19.9 Å². The summed E-state index contributed by atoms with van der Waals surface area (Å²) in [6.45, 7) is 3.67. The van der Waals surface area contributed by atoms with Crippen LogP contribution in [-0.2, 0) is 4.79 Å². The summed E-state index contributed by atoms with van der Waals surface area (Å²) in [6, 6.07) is 8.15. The van der Waals surface area contributed by atoms with E-state index in [9.17, 15) is 19.1 Å². The van der Waals surface area contributed by atoms with Gasteiger partial charge in [-0.2, -0.15) is 0 Å². The van der Waals surface area contributed by atoms with Crippen LogP contribution in [0.25, 0.3) is 0 Å². The summed E-state index contributed by atoms with van der Waals surface area (Å²) in [6.07, 6.45) is 0. The number of ketones is 1. The number of carbonyl (C=O) groups excluding carboxylic acids is 2. The second kappa shape index (κ2) is 6.96. The largest absolute Gasteiger partial charge is 0.503 e. The molecule has 0 fully saturated rings. The molecule has 0 spiro atoms. The summed E-state index contributed by atoms with van der Waals surface area (Å²) in [5.74, 6) is -2.50. The number of nitrogens with zero attached hydrogens (tertiary/aromatic N) is 2. The Morgan fingerprint density at radius 1 is 1.21 bits per heavy atom. The quantitative estimate of drug-likeness (QED) is 0.626. The third-order valence-electron chi connectivity index (χ3n) is 4.62. The van der Waals surface area contributed by atoms with Crippen LogP contribution in [0.3, 0.4) is 0 Å². The van der Waals surface area contributed by atoms with Gasteiger partial charge in [-0.05, 0) is 31.4 Å². The first-order chi connectivity index (χ1) is 13.4. The molecule has 3 aromatic rings. The van der Waals surface area contributed by atoms with Crippen LogP contribution in [0, 0.1) is 19.7 Å². The Labute approximate surface area is 168 Å². The highest BCUT2D eigenvalue weighted by Crippen LogP contribution is 2.44. The van der Waals surface area contributed by atoms with Gasteiger partial charge in [0.25, 0.3) is 5.91 Å². The van der Waals surface area contributed by atoms with Crippen LogP contribution in [0.5, 0.6) is 0 Å². The molecule has 28 heavy (non-hydrogen) atoms. The van der Waals surface area contributed by atoms with E-state index in [0.29, 0.717) is 10.0 Å². The number of aliphatic hydroxyl groups excluding tert-OH is 1. The average Bonchev–Trinajstić information content (AvgIpc) is 3.36. The number of benzene rings is 1.